The number of carbonyl (C=O) groups excluding carboxylic acids is 4. The van der Waals surface area contributed by atoms with Crippen molar-refractivity contribution in [3.63, 3.8) is 0 Å². The van der Waals surface area contributed by atoms with Crippen molar-refractivity contribution >= 4 is 48.8 Å². The lowest BCUT2D eigenvalue weighted by molar-refractivity contribution is -0.160. The first-order valence-corrected chi connectivity index (χ1v) is 5.24. The van der Waals surface area contributed by atoms with E-state index in [2.05, 4.69) is 30.0 Å². The number of hydrogen-bond donors (Lipinski definition) is 2. The SMILES string of the molecule is O=C(CS)CC(=O)OC(=O)CC(=O)CS. The van der Waals surface area contributed by atoms with Crippen LogP contribution in [-0.2, 0) is 23.9 Å². The molecular formula is C8H10O5S2. The highest BCUT2D eigenvalue weighted by Gasteiger charge is 2.16. The first-order valence-electron chi connectivity index (χ1n) is 3.98. The monoisotopic (exact) mass is 250 g/mol. The average Bonchev–Trinajstić information content (AvgIpc) is 2.16. The predicted octanol–water partition coefficient (Wildman–Crippen LogP) is -0.166. The molecule has 5 nitrogen and oxygen atoms in total. The van der Waals surface area contributed by atoms with Crippen LogP contribution in [0.1, 0.15) is 12.8 Å². The smallest absolute Gasteiger partial charge is 0.320 e. The third-order valence-electron chi connectivity index (χ3n) is 1.26. The van der Waals surface area contributed by atoms with E-state index in [0.29, 0.717) is 0 Å². The van der Waals surface area contributed by atoms with Crippen LogP contribution in [0.3, 0.4) is 0 Å². The molecule has 0 spiro atoms. The minimum Gasteiger partial charge on any atom is -0.392 e. The van der Waals surface area contributed by atoms with Crippen LogP contribution in [-0.4, -0.2) is 35.0 Å². The maximum Gasteiger partial charge on any atom is 0.320 e. The van der Waals surface area contributed by atoms with Gasteiger partial charge in [0.05, 0.1) is 0 Å². The maximum absolute atomic E-state index is 10.9. The summed E-state index contributed by atoms with van der Waals surface area (Å²) in [5.41, 5.74) is 0. The summed E-state index contributed by atoms with van der Waals surface area (Å²) >= 11 is 7.29. The van der Waals surface area contributed by atoms with E-state index in [1.807, 2.05) is 0 Å². The fraction of sp³-hybridized carbons (Fsp3) is 0.500. The van der Waals surface area contributed by atoms with Crippen molar-refractivity contribution < 1.29 is 23.9 Å². The molecule has 0 radical (unpaired) electrons. The minimum atomic E-state index is -0.967. The highest BCUT2D eigenvalue weighted by atomic mass is 32.1. The van der Waals surface area contributed by atoms with Crippen LogP contribution in [0.25, 0.3) is 0 Å². The van der Waals surface area contributed by atoms with Gasteiger partial charge in [-0.2, -0.15) is 25.3 Å². The Kier molecular flexibility index (Phi) is 7.06. The standard InChI is InChI=1S/C8H10O5S2/c9-5(3-14)1-7(11)13-8(12)2-6(10)4-15/h14-15H,1-4H2. The molecule has 0 saturated heterocycles. The first kappa shape index (κ1) is 14.2. The molecule has 0 aromatic rings. The summed E-state index contributed by atoms with van der Waals surface area (Å²) in [6.45, 7) is 0. The number of hydrogen-bond acceptors (Lipinski definition) is 7. The van der Waals surface area contributed by atoms with Gasteiger partial charge >= 0.3 is 11.9 Å². The molecule has 0 rings (SSSR count). The molecule has 0 aliphatic carbocycles. The second kappa shape index (κ2) is 7.47. The van der Waals surface area contributed by atoms with Crippen LogP contribution in [0.5, 0.6) is 0 Å². The van der Waals surface area contributed by atoms with E-state index in [1.165, 1.54) is 0 Å². The summed E-state index contributed by atoms with van der Waals surface area (Å²) in [5.74, 6) is -3.03. The minimum absolute atomic E-state index is 0.0984. The van der Waals surface area contributed by atoms with Crippen LogP contribution in [0.2, 0.25) is 0 Å². The van der Waals surface area contributed by atoms with Crippen molar-refractivity contribution in [1.29, 1.82) is 0 Å². The van der Waals surface area contributed by atoms with Gasteiger partial charge in [-0.1, -0.05) is 0 Å². The van der Waals surface area contributed by atoms with Gasteiger partial charge in [-0.05, 0) is 0 Å². The van der Waals surface area contributed by atoms with Gasteiger partial charge in [0.1, 0.15) is 12.8 Å². The van der Waals surface area contributed by atoms with Gasteiger partial charge in [0.2, 0.25) is 0 Å². The Morgan fingerprint density at radius 3 is 1.40 bits per heavy atom. The zero-order valence-corrected chi connectivity index (χ0v) is 9.55. The Labute approximate surface area is 97.4 Å². The average molecular weight is 250 g/mol. The molecule has 0 saturated carbocycles. The van der Waals surface area contributed by atoms with Crippen molar-refractivity contribution in [2.75, 3.05) is 11.5 Å². The Bertz CT molecular complexity index is 259. The molecule has 0 atom stereocenters. The van der Waals surface area contributed by atoms with Gasteiger partial charge in [-0.25, -0.2) is 0 Å². The Morgan fingerprint density at radius 2 is 1.13 bits per heavy atom. The second-order valence-corrected chi connectivity index (χ2v) is 3.23. The van der Waals surface area contributed by atoms with Crippen LogP contribution in [0.15, 0.2) is 0 Å². The van der Waals surface area contributed by atoms with Gasteiger partial charge < -0.3 is 4.74 Å². The predicted molar refractivity (Wildman–Crippen MR) is 58.1 cm³/mol. The van der Waals surface area contributed by atoms with Crippen molar-refractivity contribution in [3.8, 4) is 0 Å². The van der Waals surface area contributed by atoms with E-state index in [0.717, 1.165) is 0 Å². The lowest BCUT2D eigenvalue weighted by Gasteiger charge is -2.00. The molecule has 0 aliphatic heterocycles. The zero-order chi connectivity index (χ0) is 11.8. The molecule has 0 unspecified atom stereocenters. The fourth-order valence-corrected chi connectivity index (χ4v) is 0.857. The lowest BCUT2D eigenvalue weighted by atomic mass is 10.3. The van der Waals surface area contributed by atoms with Gasteiger partial charge in [-0.15, -0.1) is 0 Å². The molecule has 0 bridgehead atoms. The number of ether oxygens (including phenoxy) is 1. The Hall–Kier alpha value is -0.820. The summed E-state index contributed by atoms with van der Waals surface area (Å²) in [7, 11) is 0. The topological polar surface area (TPSA) is 77.5 Å². The molecular weight excluding hydrogens is 240 g/mol. The molecule has 0 aromatic carbocycles. The maximum atomic E-state index is 10.9. The van der Waals surface area contributed by atoms with E-state index < -0.39 is 36.3 Å². The van der Waals surface area contributed by atoms with Gasteiger partial charge in [0.15, 0.2) is 11.6 Å². The normalized spacial score (nSPS) is 9.47. The number of Topliss-reactive ketones (excluding diaryl/α,β-unsaturated/α-hetero) is 2. The van der Waals surface area contributed by atoms with E-state index in [1.54, 1.807) is 0 Å². The first-order chi connectivity index (χ1) is 6.99. The number of thiol groups is 2. The molecule has 0 fully saturated rings. The summed E-state index contributed by atoms with van der Waals surface area (Å²) in [4.78, 5) is 43.2. The Morgan fingerprint density at radius 1 is 0.800 bits per heavy atom. The molecule has 15 heavy (non-hydrogen) atoms. The number of esters is 2. The number of ketones is 2. The molecule has 0 aliphatic rings. The van der Waals surface area contributed by atoms with Crippen LogP contribution in [0, 0.1) is 0 Å². The highest BCUT2D eigenvalue weighted by Crippen LogP contribution is 1.95. The van der Waals surface area contributed by atoms with Crippen LogP contribution in [0.4, 0.5) is 0 Å². The van der Waals surface area contributed by atoms with Gasteiger partial charge in [0, 0.05) is 11.5 Å². The molecule has 0 N–H and O–H groups in total. The van der Waals surface area contributed by atoms with E-state index in [-0.39, 0.29) is 11.5 Å². The quantitative estimate of drug-likeness (QED) is 0.389. The van der Waals surface area contributed by atoms with E-state index in [4.69, 9.17) is 0 Å². The molecule has 0 aromatic heterocycles. The van der Waals surface area contributed by atoms with E-state index >= 15 is 0 Å². The Balaban J connectivity index is 3.92. The largest absolute Gasteiger partial charge is 0.392 e. The molecule has 0 heterocycles. The second-order valence-electron chi connectivity index (χ2n) is 2.59. The summed E-state index contributed by atoms with van der Waals surface area (Å²) < 4.78 is 4.21. The molecule has 84 valence electrons. The zero-order valence-electron chi connectivity index (χ0n) is 7.76. The number of rotatable bonds is 6. The van der Waals surface area contributed by atoms with Crippen LogP contribution < -0.4 is 0 Å². The highest BCUT2D eigenvalue weighted by molar-refractivity contribution is 7.81. The van der Waals surface area contributed by atoms with Crippen LogP contribution >= 0.6 is 25.3 Å². The van der Waals surface area contributed by atoms with Gasteiger partial charge in [-0.3, -0.25) is 19.2 Å². The van der Waals surface area contributed by atoms with E-state index in [9.17, 15) is 19.2 Å². The fourth-order valence-electron chi connectivity index (χ4n) is 0.633. The third-order valence-corrected chi connectivity index (χ3v) is 1.97. The van der Waals surface area contributed by atoms with Crippen molar-refractivity contribution in [1.82, 2.24) is 0 Å². The summed E-state index contributed by atoms with van der Waals surface area (Å²) in [6, 6.07) is 0. The number of carbonyl (C=O) groups is 4. The van der Waals surface area contributed by atoms with Crippen molar-refractivity contribution in [2.24, 2.45) is 0 Å². The van der Waals surface area contributed by atoms with Crippen molar-refractivity contribution in [3.05, 3.63) is 0 Å². The lowest BCUT2D eigenvalue weighted by Crippen LogP contribution is -2.19. The molecule has 0 amide bonds. The summed E-state index contributed by atoms with van der Waals surface area (Å²) in [5, 5.41) is 0. The van der Waals surface area contributed by atoms with Gasteiger partial charge in [0.25, 0.3) is 0 Å². The van der Waals surface area contributed by atoms with Crippen molar-refractivity contribution in [2.45, 2.75) is 12.8 Å². The summed E-state index contributed by atoms with van der Waals surface area (Å²) in [6.07, 6.45) is -1.02. The third kappa shape index (κ3) is 7.15. The molecule has 7 heteroatoms.